The summed E-state index contributed by atoms with van der Waals surface area (Å²) in [7, 11) is 1.61. The number of methoxy groups -OCH3 is 1. The summed E-state index contributed by atoms with van der Waals surface area (Å²) in [5.74, 6) is 0. The van der Waals surface area contributed by atoms with Crippen LogP contribution in [0, 0.1) is 0 Å². The van der Waals surface area contributed by atoms with Crippen LogP contribution in [-0.4, -0.2) is 56.5 Å². The Morgan fingerprint density at radius 1 is 1.41 bits per heavy atom. The number of hydrogen-bond acceptors (Lipinski definition) is 3. The first-order chi connectivity index (χ1) is 7.92. The van der Waals surface area contributed by atoms with Crippen LogP contribution in [0.5, 0.6) is 0 Å². The lowest BCUT2D eigenvalue weighted by Gasteiger charge is -2.24. The average Bonchev–Trinajstić information content (AvgIpc) is 2.97. The van der Waals surface area contributed by atoms with Gasteiger partial charge in [-0.1, -0.05) is 0 Å². The molecule has 0 aromatic heterocycles. The molecule has 1 aliphatic rings. The molecule has 1 rings (SSSR count). The molecule has 0 saturated heterocycles. The molecule has 0 radical (unpaired) electrons. The molecule has 0 heterocycles. The van der Waals surface area contributed by atoms with Crippen molar-refractivity contribution in [2.24, 2.45) is 0 Å². The van der Waals surface area contributed by atoms with Crippen molar-refractivity contribution in [3.05, 3.63) is 0 Å². The van der Waals surface area contributed by atoms with Crippen LogP contribution < -0.4 is 5.32 Å². The minimum atomic E-state index is -4.10. The number of rotatable bonds is 8. The lowest BCUT2D eigenvalue weighted by Crippen LogP contribution is -2.42. The van der Waals surface area contributed by atoms with Crippen LogP contribution in [0.3, 0.4) is 0 Å². The maximum atomic E-state index is 12.3. The second-order valence-corrected chi connectivity index (χ2v) is 4.63. The fourth-order valence-electron chi connectivity index (χ4n) is 1.82. The third-order valence-corrected chi connectivity index (χ3v) is 2.75. The first-order valence-corrected chi connectivity index (χ1v) is 5.95. The molecule has 102 valence electrons. The van der Waals surface area contributed by atoms with Crippen molar-refractivity contribution in [1.82, 2.24) is 10.2 Å². The summed E-state index contributed by atoms with van der Waals surface area (Å²) >= 11 is 0. The van der Waals surface area contributed by atoms with Crippen molar-refractivity contribution in [2.45, 2.75) is 38.0 Å². The highest BCUT2D eigenvalue weighted by Crippen LogP contribution is 2.29. The Hall–Kier alpha value is -0.330. The van der Waals surface area contributed by atoms with Crippen LogP contribution in [0.25, 0.3) is 0 Å². The highest BCUT2D eigenvalue weighted by atomic mass is 19.4. The van der Waals surface area contributed by atoms with Gasteiger partial charge in [0.1, 0.15) is 0 Å². The zero-order chi connectivity index (χ0) is 12.9. The first kappa shape index (κ1) is 14.7. The summed E-state index contributed by atoms with van der Waals surface area (Å²) in [5, 5.41) is 3.15. The summed E-state index contributed by atoms with van der Waals surface area (Å²) < 4.78 is 41.9. The van der Waals surface area contributed by atoms with Crippen LogP contribution in [0.2, 0.25) is 0 Å². The van der Waals surface area contributed by atoms with E-state index in [2.05, 4.69) is 5.32 Å². The summed E-state index contributed by atoms with van der Waals surface area (Å²) in [5.41, 5.74) is 0. The zero-order valence-electron chi connectivity index (χ0n) is 10.4. The maximum absolute atomic E-state index is 12.3. The number of nitrogens with one attached hydrogen (secondary N) is 1. The topological polar surface area (TPSA) is 24.5 Å². The van der Waals surface area contributed by atoms with E-state index in [9.17, 15) is 13.2 Å². The largest absolute Gasteiger partial charge is 0.401 e. The fraction of sp³-hybridized carbons (Fsp3) is 1.00. The Labute approximate surface area is 100 Å². The second kappa shape index (κ2) is 6.56. The molecule has 1 saturated carbocycles. The van der Waals surface area contributed by atoms with E-state index < -0.39 is 12.7 Å². The summed E-state index contributed by atoms with van der Waals surface area (Å²) in [4.78, 5) is 1.52. The van der Waals surface area contributed by atoms with Gasteiger partial charge in [0.05, 0.1) is 13.2 Å². The van der Waals surface area contributed by atoms with Crippen molar-refractivity contribution in [3.8, 4) is 0 Å². The third kappa shape index (κ3) is 6.85. The molecule has 0 aromatic carbocycles. The van der Waals surface area contributed by atoms with Crippen LogP contribution in [-0.2, 0) is 4.74 Å². The van der Waals surface area contributed by atoms with Gasteiger partial charge in [0.25, 0.3) is 0 Å². The standard InChI is InChI=1S/C11H21F3N2O/c1-9(7-17-2)15-5-6-16(10-3-4-10)8-11(12,13)14/h9-10,15H,3-8H2,1-2H3. The van der Waals surface area contributed by atoms with Gasteiger partial charge in [-0.2, -0.15) is 13.2 Å². The van der Waals surface area contributed by atoms with Gasteiger partial charge in [0.15, 0.2) is 0 Å². The number of alkyl halides is 3. The van der Waals surface area contributed by atoms with Crippen molar-refractivity contribution < 1.29 is 17.9 Å². The highest BCUT2D eigenvalue weighted by molar-refractivity contribution is 4.86. The van der Waals surface area contributed by atoms with E-state index in [0.29, 0.717) is 19.7 Å². The van der Waals surface area contributed by atoms with Crippen LogP contribution in [0.15, 0.2) is 0 Å². The Balaban J connectivity index is 2.21. The van der Waals surface area contributed by atoms with Crippen molar-refractivity contribution in [2.75, 3.05) is 33.4 Å². The Morgan fingerprint density at radius 3 is 2.53 bits per heavy atom. The molecule has 1 fully saturated rings. The summed E-state index contributed by atoms with van der Waals surface area (Å²) in [6.45, 7) is 2.74. The monoisotopic (exact) mass is 254 g/mol. The number of ether oxygens (including phenoxy) is 1. The van der Waals surface area contributed by atoms with Crippen LogP contribution >= 0.6 is 0 Å². The van der Waals surface area contributed by atoms with E-state index in [4.69, 9.17) is 4.74 Å². The smallest absolute Gasteiger partial charge is 0.383 e. The minimum Gasteiger partial charge on any atom is -0.383 e. The molecule has 1 N–H and O–H groups in total. The Morgan fingerprint density at radius 2 is 2.06 bits per heavy atom. The predicted octanol–water partition coefficient (Wildman–Crippen LogP) is 1.64. The van der Waals surface area contributed by atoms with E-state index in [1.807, 2.05) is 6.92 Å². The summed E-state index contributed by atoms with van der Waals surface area (Å²) in [6.07, 6.45) is -2.31. The van der Waals surface area contributed by atoms with Gasteiger partial charge in [-0.15, -0.1) is 0 Å². The van der Waals surface area contributed by atoms with Gasteiger partial charge < -0.3 is 10.1 Å². The number of halogens is 3. The lowest BCUT2D eigenvalue weighted by molar-refractivity contribution is -0.147. The van der Waals surface area contributed by atoms with Crippen molar-refractivity contribution >= 4 is 0 Å². The van der Waals surface area contributed by atoms with Crippen LogP contribution in [0.4, 0.5) is 13.2 Å². The molecular formula is C11H21F3N2O. The molecule has 0 spiro atoms. The highest BCUT2D eigenvalue weighted by Gasteiger charge is 2.37. The third-order valence-electron chi connectivity index (χ3n) is 2.75. The molecule has 1 unspecified atom stereocenters. The van der Waals surface area contributed by atoms with Crippen molar-refractivity contribution in [1.29, 1.82) is 0 Å². The normalized spacial score (nSPS) is 18.7. The molecule has 1 atom stereocenters. The van der Waals surface area contributed by atoms with Gasteiger partial charge in [0.2, 0.25) is 0 Å². The van der Waals surface area contributed by atoms with E-state index >= 15 is 0 Å². The molecule has 0 aliphatic heterocycles. The van der Waals surface area contributed by atoms with Gasteiger partial charge in [-0.3, -0.25) is 4.90 Å². The van der Waals surface area contributed by atoms with Crippen molar-refractivity contribution in [3.63, 3.8) is 0 Å². The van der Waals surface area contributed by atoms with Gasteiger partial charge in [0, 0.05) is 32.3 Å². The molecule has 17 heavy (non-hydrogen) atoms. The predicted molar refractivity (Wildman–Crippen MR) is 60.0 cm³/mol. The molecule has 0 aromatic rings. The molecule has 6 heteroatoms. The van der Waals surface area contributed by atoms with E-state index in [-0.39, 0.29) is 12.1 Å². The average molecular weight is 254 g/mol. The number of hydrogen-bond donors (Lipinski definition) is 1. The fourth-order valence-corrected chi connectivity index (χ4v) is 1.82. The SMILES string of the molecule is COCC(C)NCCN(CC(F)(F)F)C1CC1. The van der Waals surface area contributed by atoms with E-state index in [0.717, 1.165) is 12.8 Å². The maximum Gasteiger partial charge on any atom is 0.401 e. The molecule has 0 amide bonds. The Kier molecular flexibility index (Phi) is 5.69. The van der Waals surface area contributed by atoms with Crippen LogP contribution in [0.1, 0.15) is 19.8 Å². The van der Waals surface area contributed by atoms with Gasteiger partial charge in [-0.25, -0.2) is 0 Å². The molecular weight excluding hydrogens is 233 g/mol. The Bertz CT molecular complexity index is 219. The second-order valence-electron chi connectivity index (χ2n) is 4.63. The van der Waals surface area contributed by atoms with E-state index in [1.165, 1.54) is 4.90 Å². The van der Waals surface area contributed by atoms with Gasteiger partial charge in [-0.05, 0) is 19.8 Å². The quantitative estimate of drug-likeness (QED) is 0.712. The lowest BCUT2D eigenvalue weighted by atomic mass is 10.3. The van der Waals surface area contributed by atoms with Gasteiger partial charge >= 0.3 is 6.18 Å². The van der Waals surface area contributed by atoms with E-state index in [1.54, 1.807) is 7.11 Å². The number of nitrogens with zero attached hydrogens (tertiary/aromatic N) is 1. The first-order valence-electron chi connectivity index (χ1n) is 5.95. The molecule has 3 nitrogen and oxygen atoms in total. The zero-order valence-corrected chi connectivity index (χ0v) is 10.4. The summed E-state index contributed by atoms with van der Waals surface area (Å²) in [6, 6.07) is 0.308. The molecule has 0 bridgehead atoms. The minimum absolute atomic E-state index is 0.135. The molecule has 1 aliphatic carbocycles.